The SMILES string of the molecule is CCOc1ccc(-n2c(SCC(=O)Nc3ccc(F)c(F)c3)nnc2-c2ccccc2)cc1. The van der Waals surface area contributed by atoms with Crippen LogP contribution in [0.3, 0.4) is 0 Å². The summed E-state index contributed by atoms with van der Waals surface area (Å²) >= 11 is 1.18. The lowest BCUT2D eigenvalue weighted by atomic mass is 10.2. The average Bonchev–Trinajstić information content (AvgIpc) is 3.25. The minimum atomic E-state index is -1.02. The van der Waals surface area contributed by atoms with Gasteiger partial charge in [0.25, 0.3) is 0 Å². The van der Waals surface area contributed by atoms with Crippen LogP contribution in [0.25, 0.3) is 17.1 Å². The van der Waals surface area contributed by atoms with Crippen molar-refractivity contribution in [1.29, 1.82) is 0 Å². The van der Waals surface area contributed by atoms with Crippen LogP contribution < -0.4 is 10.1 Å². The third-order valence-corrected chi connectivity index (χ3v) is 5.54. The van der Waals surface area contributed by atoms with Gasteiger partial charge >= 0.3 is 0 Å². The van der Waals surface area contributed by atoms with Gasteiger partial charge in [0, 0.05) is 23.0 Å². The molecule has 9 heteroatoms. The number of amides is 1. The summed E-state index contributed by atoms with van der Waals surface area (Å²) in [6.07, 6.45) is 0. The van der Waals surface area contributed by atoms with Crippen LogP contribution in [-0.2, 0) is 4.79 Å². The number of nitrogens with one attached hydrogen (secondary N) is 1. The molecule has 33 heavy (non-hydrogen) atoms. The van der Waals surface area contributed by atoms with Gasteiger partial charge in [0.05, 0.1) is 12.4 Å². The molecule has 4 rings (SSSR count). The van der Waals surface area contributed by atoms with Gasteiger partial charge < -0.3 is 10.1 Å². The fourth-order valence-corrected chi connectivity index (χ4v) is 3.88. The van der Waals surface area contributed by atoms with E-state index in [0.717, 1.165) is 29.1 Å². The van der Waals surface area contributed by atoms with Gasteiger partial charge in [-0.1, -0.05) is 42.1 Å². The molecule has 0 saturated heterocycles. The Labute approximate surface area is 193 Å². The second-order valence-corrected chi connectivity index (χ2v) is 7.84. The van der Waals surface area contributed by atoms with Crippen LogP contribution in [0.1, 0.15) is 6.92 Å². The van der Waals surface area contributed by atoms with Gasteiger partial charge in [0.15, 0.2) is 22.6 Å². The number of hydrogen-bond donors (Lipinski definition) is 1. The van der Waals surface area contributed by atoms with E-state index >= 15 is 0 Å². The van der Waals surface area contributed by atoms with Gasteiger partial charge in [-0.2, -0.15) is 0 Å². The van der Waals surface area contributed by atoms with E-state index in [9.17, 15) is 13.6 Å². The molecule has 0 aliphatic carbocycles. The smallest absolute Gasteiger partial charge is 0.234 e. The maximum atomic E-state index is 13.4. The summed E-state index contributed by atoms with van der Waals surface area (Å²) < 4.78 is 33.9. The van der Waals surface area contributed by atoms with E-state index in [4.69, 9.17) is 4.74 Å². The molecule has 0 atom stereocenters. The number of hydrogen-bond acceptors (Lipinski definition) is 5. The van der Waals surface area contributed by atoms with Crippen molar-refractivity contribution >= 4 is 23.4 Å². The van der Waals surface area contributed by atoms with Crippen molar-refractivity contribution in [3.63, 3.8) is 0 Å². The third kappa shape index (κ3) is 5.38. The molecule has 0 saturated carbocycles. The maximum absolute atomic E-state index is 13.4. The number of carbonyl (C=O) groups excluding carboxylic acids is 1. The highest BCUT2D eigenvalue weighted by molar-refractivity contribution is 7.99. The Bertz CT molecular complexity index is 1250. The van der Waals surface area contributed by atoms with Crippen LogP contribution in [0.2, 0.25) is 0 Å². The lowest BCUT2D eigenvalue weighted by Gasteiger charge is -2.11. The summed E-state index contributed by atoms with van der Waals surface area (Å²) in [5, 5.41) is 11.7. The first kappa shape index (κ1) is 22.5. The van der Waals surface area contributed by atoms with Gasteiger partial charge in [0.2, 0.25) is 5.91 Å². The lowest BCUT2D eigenvalue weighted by molar-refractivity contribution is -0.113. The fourth-order valence-electron chi connectivity index (χ4n) is 3.13. The van der Waals surface area contributed by atoms with E-state index < -0.39 is 11.6 Å². The Morgan fingerprint density at radius 3 is 2.45 bits per heavy atom. The van der Waals surface area contributed by atoms with Crippen molar-refractivity contribution < 1.29 is 18.3 Å². The minimum absolute atomic E-state index is 0.00292. The van der Waals surface area contributed by atoms with Gasteiger partial charge in [-0.05, 0) is 43.3 Å². The van der Waals surface area contributed by atoms with Crippen LogP contribution in [0, 0.1) is 11.6 Å². The van der Waals surface area contributed by atoms with Crippen molar-refractivity contribution in [3.8, 4) is 22.8 Å². The molecule has 1 heterocycles. The summed E-state index contributed by atoms with van der Waals surface area (Å²) in [5.41, 5.74) is 1.86. The Morgan fingerprint density at radius 1 is 1.00 bits per heavy atom. The number of rotatable bonds is 8. The predicted octanol–water partition coefficient (Wildman–Crippen LogP) is 5.34. The maximum Gasteiger partial charge on any atom is 0.234 e. The monoisotopic (exact) mass is 466 g/mol. The molecule has 0 aliphatic rings. The highest BCUT2D eigenvalue weighted by atomic mass is 32.2. The Hall–Kier alpha value is -3.72. The number of nitrogens with zero attached hydrogens (tertiary/aromatic N) is 3. The molecule has 0 unspecified atom stereocenters. The van der Waals surface area contributed by atoms with Crippen molar-refractivity contribution in [2.45, 2.75) is 12.1 Å². The Morgan fingerprint density at radius 2 is 1.76 bits per heavy atom. The predicted molar refractivity (Wildman–Crippen MR) is 124 cm³/mol. The highest BCUT2D eigenvalue weighted by Crippen LogP contribution is 2.29. The molecule has 1 N–H and O–H groups in total. The number of ether oxygens (including phenoxy) is 1. The molecule has 0 aliphatic heterocycles. The normalized spacial score (nSPS) is 10.8. The number of anilines is 1. The number of aromatic nitrogens is 3. The molecule has 3 aromatic carbocycles. The summed E-state index contributed by atoms with van der Waals surface area (Å²) in [5.74, 6) is -1.00. The Balaban J connectivity index is 1.57. The largest absolute Gasteiger partial charge is 0.494 e. The van der Waals surface area contributed by atoms with Crippen LogP contribution in [0.4, 0.5) is 14.5 Å². The zero-order valence-electron chi connectivity index (χ0n) is 17.7. The molecule has 0 fully saturated rings. The Kier molecular flexibility index (Phi) is 6.99. The topological polar surface area (TPSA) is 69.0 Å². The molecular formula is C24H20F2N4O2S. The number of thioether (sulfide) groups is 1. The first-order chi connectivity index (χ1) is 16.0. The van der Waals surface area contributed by atoms with Crippen LogP contribution in [0.5, 0.6) is 5.75 Å². The van der Waals surface area contributed by atoms with Crippen LogP contribution in [0.15, 0.2) is 78.0 Å². The van der Waals surface area contributed by atoms with Gasteiger partial charge in [0.1, 0.15) is 5.75 Å². The number of halogens is 2. The second kappa shape index (κ2) is 10.3. The van der Waals surface area contributed by atoms with Crippen LogP contribution >= 0.6 is 11.8 Å². The zero-order chi connectivity index (χ0) is 23.2. The van der Waals surface area contributed by atoms with Crippen molar-refractivity contribution in [3.05, 3.63) is 84.4 Å². The molecule has 0 spiro atoms. The summed E-state index contributed by atoms with van der Waals surface area (Å²) in [4.78, 5) is 12.4. The number of carbonyl (C=O) groups is 1. The molecule has 4 aromatic rings. The van der Waals surface area contributed by atoms with E-state index in [0.29, 0.717) is 17.6 Å². The van der Waals surface area contributed by atoms with Gasteiger partial charge in [-0.25, -0.2) is 8.78 Å². The van der Waals surface area contributed by atoms with E-state index in [-0.39, 0.29) is 17.3 Å². The molecule has 1 aromatic heterocycles. The zero-order valence-corrected chi connectivity index (χ0v) is 18.5. The molecule has 168 valence electrons. The summed E-state index contributed by atoms with van der Waals surface area (Å²) in [6, 6.07) is 20.3. The van der Waals surface area contributed by atoms with Gasteiger partial charge in [-0.15, -0.1) is 10.2 Å². The highest BCUT2D eigenvalue weighted by Gasteiger charge is 2.17. The summed E-state index contributed by atoms with van der Waals surface area (Å²) in [6.45, 7) is 2.48. The number of benzene rings is 3. The molecule has 6 nitrogen and oxygen atoms in total. The van der Waals surface area contributed by atoms with Crippen molar-refractivity contribution in [1.82, 2.24) is 14.8 Å². The van der Waals surface area contributed by atoms with E-state index in [2.05, 4.69) is 15.5 Å². The average molecular weight is 467 g/mol. The molecule has 0 radical (unpaired) electrons. The standard InChI is InChI=1S/C24H20F2N4O2S/c1-2-32-19-11-9-18(10-12-19)30-23(16-6-4-3-5-7-16)28-29-24(30)33-15-22(31)27-17-8-13-20(25)21(26)14-17/h3-14H,2,15H2,1H3,(H,27,31). The first-order valence-electron chi connectivity index (χ1n) is 10.2. The van der Waals surface area contributed by atoms with E-state index in [1.165, 1.54) is 17.8 Å². The van der Waals surface area contributed by atoms with Gasteiger partial charge in [-0.3, -0.25) is 9.36 Å². The fraction of sp³-hybridized carbons (Fsp3) is 0.125. The van der Waals surface area contributed by atoms with E-state index in [1.807, 2.05) is 66.1 Å². The lowest BCUT2D eigenvalue weighted by Crippen LogP contribution is -2.15. The van der Waals surface area contributed by atoms with Crippen molar-refractivity contribution in [2.24, 2.45) is 0 Å². The van der Waals surface area contributed by atoms with Crippen molar-refractivity contribution in [2.75, 3.05) is 17.7 Å². The minimum Gasteiger partial charge on any atom is -0.494 e. The quantitative estimate of drug-likeness (QED) is 0.355. The third-order valence-electron chi connectivity index (χ3n) is 4.61. The molecule has 1 amide bonds. The van der Waals surface area contributed by atoms with Crippen LogP contribution in [-0.4, -0.2) is 33.0 Å². The molecular weight excluding hydrogens is 446 g/mol. The van der Waals surface area contributed by atoms with E-state index in [1.54, 1.807) is 0 Å². The second-order valence-electron chi connectivity index (χ2n) is 6.90. The first-order valence-corrected chi connectivity index (χ1v) is 11.2. The summed E-state index contributed by atoms with van der Waals surface area (Å²) in [7, 11) is 0. The molecule has 0 bridgehead atoms.